The lowest BCUT2D eigenvalue weighted by Gasteiger charge is -2.17. The number of rotatable bonds is 4. The predicted octanol–water partition coefficient (Wildman–Crippen LogP) is 1.99. The fraction of sp³-hybridized carbons (Fsp3) is 0.583. The van der Waals surface area contributed by atoms with Crippen molar-refractivity contribution in [2.24, 2.45) is 5.92 Å². The molecule has 1 amide bonds. The number of hydrogen-bond donors (Lipinski definition) is 1. The molecule has 0 aromatic carbocycles. The zero-order valence-corrected chi connectivity index (χ0v) is 9.93. The summed E-state index contributed by atoms with van der Waals surface area (Å²) in [5, 5.41) is 6.57. The largest absolute Gasteiger partial charge is 0.346 e. The van der Waals surface area contributed by atoms with Crippen molar-refractivity contribution in [3.05, 3.63) is 24.4 Å². The highest BCUT2D eigenvalue weighted by Gasteiger charge is 2.17. The van der Waals surface area contributed by atoms with Crippen molar-refractivity contribution in [1.29, 1.82) is 0 Å². The van der Waals surface area contributed by atoms with Gasteiger partial charge in [0.25, 0.3) is 0 Å². The van der Waals surface area contributed by atoms with Gasteiger partial charge in [0.05, 0.1) is 6.04 Å². The second-order valence-corrected chi connectivity index (χ2v) is 4.40. The van der Waals surface area contributed by atoms with Crippen molar-refractivity contribution in [1.82, 2.24) is 15.5 Å². The summed E-state index contributed by atoms with van der Waals surface area (Å²) < 4.78 is 4.64. The van der Waals surface area contributed by atoms with Gasteiger partial charge in [-0.3, -0.25) is 4.79 Å². The van der Waals surface area contributed by atoms with Gasteiger partial charge in [-0.25, -0.2) is 0 Å². The first-order valence-corrected chi connectivity index (χ1v) is 5.98. The van der Waals surface area contributed by atoms with E-state index in [0.29, 0.717) is 18.2 Å². The van der Waals surface area contributed by atoms with Crippen LogP contribution in [0.15, 0.2) is 23.1 Å². The highest BCUT2D eigenvalue weighted by Crippen LogP contribution is 2.20. The minimum absolute atomic E-state index is 0.0406. The second kappa shape index (κ2) is 5.61. The Hall–Kier alpha value is -1.65. The summed E-state index contributed by atoms with van der Waals surface area (Å²) in [4.78, 5) is 15.7. The second-order valence-electron chi connectivity index (χ2n) is 4.40. The van der Waals surface area contributed by atoms with Crippen LogP contribution in [0.4, 0.5) is 0 Å². The number of carbonyl (C=O) groups excluding carboxylic acids is 1. The van der Waals surface area contributed by atoms with E-state index in [-0.39, 0.29) is 11.9 Å². The minimum atomic E-state index is -0.200. The monoisotopic (exact) mass is 235 g/mol. The van der Waals surface area contributed by atoms with Crippen LogP contribution in [-0.4, -0.2) is 16.0 Å². The first-order valence-electron chi connectivity index (χ1n) is 5.98. The van der Waals surface area contributed by atoms with Gasteiger partial charge in [0.1, 0.15) is 0 Å². The Labute approximate surface area is 100 Å². The Bertz CT molecular complexity index is 386. The normalized spacial score (nSPS) is 21.1. The third-order valence-electron chi connectivity index (χ3n) is 2.94. The lowest BCUT2D eigenvalue weighted by atomic mass is 9.93. The summed E-state index contributed by atoms with van der Waals surface area (Å²) in [6, 6.07) is -0.200. The van der Waals surface area contributed by atoms with Gasteiger partial charge in [0.2, 0.25) is 12.3 Å². The van der Waals surface area contributed by atoms with E-state index < -0.39 is 0 Å². The lowest BCUT2D eigenvalue weighted by molar-refractivity contribution is -0.122. The van der Waals surface area contributed by atoms with Crippen molar-refractivity contribution >= 4 is 5.91 Å². The number of aromatic nitrogens is 2. The Morgan fingerprint density at radius 2 is 2.59 bits per heavy atom. The van der Waals surface area contributed by atoms with Gasteiger partial charge in [-0.2, -0.15) is 4.98 Å². The molecule has 1 heterocycles. The third-order valence-corrected chi connectivity index (χ3v) is 2.94. The Morgan fingerprint density at radius 1 is 1.71 bits per heavy atom. The highest BCUT2D eigenvalue weighted by atomic mass is 16.5. The predicted molar refractivity (Wildman–Crippen MR) is 62.0 cm³/mol. The van der Waals surface area contributed by atoms with Crippen LogP contribution in [0.1, 0.15) is 44.5 Å². The van der Waals surface area contributed by atoms with Gasteiger partial charge < -0.3 is 9.84 Å². The Balaban J connectivity index is 1.80. The highest BCUT2D eigenvalue weighted by molar-refractivity contribution is 5.76. The fourth-order valence-corrected chi connectivity index (χ4v) is 2.03. The van der Waals surface area contributed by atoms with E-state index in [1.54, 1.807) is 0 Å². The number of amides is 1. The minimum Gasteiger partial charge on any atom is -0.346 e. The quantitative estimate of drug-likeness (QED) is 0.810. The molecule has 0 fully saturated rings. The van der Waals surface area contributed by atoms with E-state index in [1.807, 2.05) is 6.92 Å². The Kier molecular flexibility index (Phi) is 3.90. The van der Waals surface area contributed by atoms with E-state index in [0.717, 1.165) is 12.8 Å². The molecule has 0 saturated carbocycles. The van der Waals surface area contributed by atoms with E-state index in [1.165, 1.54) is 12.8 Å². The van der Waals surface area contributed by atoms with E-state index in [9.17, 15) is 4.79 Å². The zero-order valence-electron chi connectivity index (χ0n) is 9.93. The van der Waals surface area contributed by atoms with Crippen LogP contribution in [-0.2, 0) is 4.79 Å². The molecule has 2 rings (SSSR count). The maximum atomic E-state index is 11.8. The van der Waals surface area contributed by atoms with Crippen LogP contribution in [0, 0.1) is 5.92 Å². The van der Waals surface area contributed by atoms with Crippen LogP contribution in [0.5, 0.6) is 0 Å². The molecule has 2 unspecified atom stereocenters. The number of carbonyl (C=O) groups is 1. The van der Waals surface area contributed by atoms with Crippen molar-refractivity contribution in [2.45, 2.75) is 38.6 Å². The molecule has 1 aromatic heterocycles. The molecule has 1 aliphatic carbocycles. The summed E-state index contributed by atoms with van der Waals surface area (Å²) in [5.74, 6) is 0.928. The van der Waals surface area contributed by atoms with Crippen LogP contribution >= 0.6 is 0 Å². The van der Waals surface area contributed by atoms with Crippen LogP contribution in [0.3, 0.4) is 0 Å². The standard InChI is InChI=1S/C12H17N3O2/c1-9(12-13-8-17-15-12)14-11(16)7-10-5-3-2-4-6-10/h3,5,8-10H,2,4,6-7H2,1H3,(H,14,16). The molecule has 0 spiro atoms. The smallest absolute Gasteiger partial charge is 0.221 e. The van der Waals surface area contributed by atoms with Gasteiger partial charge in [-0.1, -0.05) is 17.3 Å². The molecule has 1 aliphatic rings. The average molecular weight is 235 g/mol. The van der Waals surface area contributed by atoms with E-state index in [4.69, 9.17) is 0 Å². The number of nitrogens with one attached hydrogen (secondary N) is 1. The third kappa shape index (κ3) is 3.41. The SMILES string of the molecule is CC(NC(=O)CC1C=CCCC1)c1ncon1. The van der Waals surface area contributed by atoms with Gasteiger partial charge in [0.15, 0.2) is 5.82 Å². The molecule has 1 N–H and O–H groups in total. The fourth-order valence-electron chi connectivity index (χ4n) is 2.03. The summed E-state index contributed by atoms with van der Waals surface area (Å²) in [7, 11) is 0. The zero-order chi connectivity index (χ0) is 12.1. The molecule has 0 saturated heterocycles. The molecule has 17 heavy (non-hydrogen) atoms. The first-order chi connectivity index (χ1) is 8.25. The number of allylic oxidation sites excluding steroid dienone is 2. The molecule has 0 aliphatic heterocycles. The van der Waals surface area contributed by atoms with E-state index >= 15 is 0 Å². The van der Waals surface area contributed by atoms with Gasteiger partial charge in [0, 0.05) is 6.42 Å². The first kappa shape index (κ1) is 11.8. The van der Waals surface area contributed by atoms with Crippen molar-refractivity contribution in [3.8, 4) is 0 Å². The summed E-state index contributed by atoms with van der Waals surface area (Å²) in [6.07, 6.45) is 9.51. The van der Waals surface area contributed by atoms with Crippen LogP contribution < -0.4 is 5.32 Å². The van der Waals surface area contributed by atoms with Crippen molar-refractivity contribution in [2.75, 3.05) is 0 Å². The molecule has 0 radical (unpaired) electrons. The molecule has 1 aromatic rings. The van der Waals surface area contributed by atoms with Crippen LogP contribution in [0.2, 0.25) is 0 Å². The van der Waals surface area contributed by atoms with Crippen LogP contribution in [0.25, 0.3) is 0 Å². The molecule has 92 valence electrons. The summed E-state index contributed by atoms with van der Waals surface area (Å²) in [6.45, 7) is 1.85. The molecular formula is C12H17N3O2. The topological polar surface area (TPSA) is 68.0 Å². The number of nitrogens with zero attached hydrogens (tertiary/aromatic N) is 2. The van der Waals surface area contributed by atoms with Gasteiger partial charge in [-0.05, 0) is 32.1 Å². The maximum Gasteiger partial charge on any atom is 0.221 e. The molecule has 2 atom stereocenters. The average Bonchev–Trinajstić information content (AvgIpc) is 2.83. The summed E-state index contributed by atoms with van der Waals surface area (Å²) in [5.41, 5.74) is 0. The van der Waals surface area contributed by atoms with Gasteiger partial charge in [-0.15, -0.1) is 0 Å². The van der Waals surface area contributed by atoms with Gasteiger partial charge >= 0.3 is 0 Å². The molecule has 5 nitrogen and oxygen atoms in total. The Morgan fingerprint density at radius 3 is 3.24 bits per heavy atom. The van der Waals surface area contributed by atoms with Crippen molar-refractivity contribution < 1.29 is 9.32 Å². The van der Waals surface area contributed by atoms with Crippen molar-refractivity contribution in [3.63, 3.8) is 0 Å². The molecule has 5 heteroatoms. The maximum absolute atomic E-state index is 11.8. The number of hydrogen-bond acceptors (Lipinski definition) is 4. The summed E-state index contributed by atoms with van der Waals surface area (Å²) >= 11 is 0. The molecule has 0 bridgehead atoms. The van der Waals surface area contributed by atoms with E-state index in [2.05, 4.69) is 32.1 Å². The lowest BCUT2D eigenvalue weighted by Crippen LogP contribution is -2.28. The molecular weight excluding hydrogens is 218 g/mol.